The number of hydrogen-bond donors (Lipinski definition) is 0. The largest absolute Gasteiger partial charge is 0.299 e. The molecule has 2 atom stereocenters. The van der Waals surface area contributed by atoms with Crippen molar-refractivity contribution in [3.05, 3.63) is 0 Å². The average molecular weight is 198 g/mol. The first-order valence-electron chi connectivity index (χ1n) is 4.91. The quantitative estimate of drug-likeness (QED) is 0.695. The molecule has 0 aromatic heterocycles. The van der Waals surface area contributed by atoms with Crippen molar-refractivity contribution >= 4 is 11.8 Å². The Morgan fingerprint density at radius 1 is 1.69 bits per heavy atom. The van der Waals surface area contributed by atoms with E-state index in [1.165, 1.54) is 25.9 Å². The van der Waals surface area contributed by atoms with Gasteiger partial charge in [0.25, 0.3) is 0 Å². The molecule has 13 heavy (non-hydrogen) atoms. The highest BCUT2D eigenvalue weighted by molar-refractivity contribution is 7.99. The zero-order valence-corrected chi connectivity index (χ0v) is 9.31. The molecule has 74 valence electrons. The third kappa shape index (κ3) is 3.21. The SMILES string of the molecule is CSC1CCCN(C(C)CC#N)C1. The number of piperidine rings is 1. The van der Waals surface area contributed by atoms with Crippen LogP contribution in [0.1, 0.15) is 26.2 Å². The molecule has 0 aromatic rings. The first-order valence-corrected chi connectivity index (χ1v) is 6.20. The van der Waals surface area contributed by atoms with E-state index >= 15 is 0 Å². The molecule has 1 aliphatic rings. The van der Waals surface area contributed by atoms with Crippen LogP contribution in [0.2, 0.25) is 0 Å². The summed E-state index contributed by atoms with van der Waals surface area (Å²) in [7, 11) is 0. The van der Waals surface area contributed by atoms with Crippen molar-refractivity contribution in [3.63, 3.8) is 0 Å². The molecule has 1 heterocycles. The van der Waals surface area contributed by atoms with E-state index in [1.807, 2.05) is 11.8 Å². The average Bonchev–Trinajstić information content (AvgIpc) is 2.18. The second-order valence-corrected chi connectivity index (χ2v) is 4.84. The predicted molar refractivity (Wildman–Crippen MR) is 57.8 cm³/mol. The zero-order valence-electron chi connectivity index (χ0n) is 8.49. The molecular weight excluding hydrogens is 180 g/mol. The van der Waals surface area contributed by atoms with E-state index in [2.05, 4.69) is 24.1 Å². The molecule has 0 aliphatic carbocycles. The predicted octanol–water partition coefficient (Wildman–Crippen LogP) is 2.12. The molecule has 1 rings (SSSR count). The molecular formula is C10H18N2S. The van der Waals surface area contributed by atoms with Crippen LogP contribution in [0.4, 0.5) is 0 Å². The lowest BCUT2D eigenvalue weighted by Crippen LogP contribution is -2.42. The molecule has 1 saturated heterocycles. The van der Waals surface area contributed by atoms with Gasteiger partial charge in [-0.1, -0.05) is 0 Å². The van der Waals surface area contributed by atoms with Gasteiger partial charge in [-0.2, -0.15) is 17.0 Å². The Labute approximate surface area is 85.3 Å². The Morgan fingerprint density at radius 3 is 3.08 bits per heavy atom. The van der Waals surface area contributed by atoms with Crippen LogP contribution >= 0.6 is 11.8 Å². The molecule has 0 spiro atoms. The fourth-order valence-electron chi connectivity index (χ4n) is 1.82. The van der Waals surface area contributed by atoms with Crippen molar-refractivity contribution in [1.82, 2.24) is 4.90 Å². The monoisotopic (exact) mass is 198 g/mol. The van der Waals surface area contributed by atoms with Crippen molar-refractivity contribution in [1.29, 1.82) is 5.26 Å². The van der Waals surface area contributed by atoms with Gasteiger partial charge in [0, 0.05) is 17.8 Å². The number of likely N-dealkylation sites (tertiary alicyclic amines) is 1. The second kappa shape index (κ2) is 5.51. The number of thioether (sulfide) groups is 1. The summed E-state index contributed by atoms with van der Waals surface area (Å²) in [5.74, 6) is 0. The highest BCUT2D eigenvalue weighted by Crippen LogP contribution is 2.22. The summed E-state index contributed by atoms with van der Waals surface area (Å²) in [6, 6.07) is 2.69. The first-order chi connectivity index (χ1) is 6.27. The van der Waals surface area contributed by atoms with Crippen molar-refractivity contribution in [2.45, 2.75) is 37.5 Å². The van der Waals surface area contributed by atoms with Gasteiger partial charge in [-0.15, -0.1) is 0 Å². The number of hydrogen-bond acceptors (Lipinski definition) is 3. The smallest absolute Gasteiger partial charge is 0.0638 e. The lowest BCUT2D eigenvalue weighted by atomic mass is 10.1. The van der Waals surface area contributed by atoms with Crippen LogP contribution in [0.25, 0.3) is 0 Å². The normalized spacial score (nSPS) is 26.7. The maximum atomic E-state index is 8.61. The maximum absolute atomic E-state index is 8.61. The molecule has 3 heteroatoms. The standard InChI is InChI=1S/C10H18N2S/c1-9(5-6-11)12-7-3-4-10(8-12)13-2/h9-10H,3-5,7-8H2,1-2H3. The Balaban J connectivity index is 2.37. The van der Waals surface area contributed by atoms with Crippen LogP contribution < -0.4 is 0 Å². The summed E-state index contributed by atoms with van der Waals surface area (Å²) < 4.78 is 0. The summed E-state index contributed by atoms with van der Waals surface area (Å²) in [6.07, 6.45) is 5.49. The van der Waals surface area contributed by atoms with Gasteiger partial charge in [-0.05, 0) is 32.6 Å². The lowest BCUT2D eigenvalue weighted by molar-refractivity contribution is 0.180. The highest BCUT2D eigenvalue weighted by Gasteiger charge is 2.22. The summed E-state index contributed by atoms with van der Waals surface area (Å²) in [4.78, 5) is 2.45. The minimum Gasteiger partial charge on any atom is -0.299 e. The van der Waals surface area contributed by atoms with Crippen molar-refractivity contribution < 1.29 is 0 Å². The summed E-state index contributed by atoms with van der Waals surface area (Å²) >= 11 is 1.96. The number of rotatable bonds is 3. The van der Waals surface area contributed by atoms with Crippen LogP contribution in [-0.4, -0.2) is 35.5 Å². The fraction of sp³-hybridized carbons (Fsp3) is 0.900. The van der Waals surface area contributed by atoms with E-state index in [9.17, 15) is 0 Å². The van der Waals surface area contributed by atoms with Crippen LogP contribution in [0, 0.1) is 11.3 Å². The van der Waals surface area contributed by atoms with Gasteiger partial charge in [0.1, 0.15) is 0 Å². The van der Waals surface area contributed by atoms with Crippen LogP contribution in [0.15, 0.2) is 0 Å². The summed E-state index contributed by atoms with van der Waals surface area (Å²) in [5.41, 5.74) is 0. The molecule has 0 amide bonds. The van der Waals surface area contributed by atoms with Crippen LogP contribution in [-0.2, 0) is 0 Å². The molecule has 0 N–H and O–H groups in total. The number of nitrogens with zero attached hydrogens (tertiary/aromatic N) is 2. The number of nitriles is 1. The van der Waals surface area contributed by atoms with E-state index in [1.54, 1.807) is 0 Å². The van der Waals surface area contributed by atoms with Crippen LogP contribution in [0.5, 0.6) is 0 Å². The first kappa shape index (κ1) is 10.9. The van der Waals surface area contributed by atoms with Gasteiger partial charge in [0.2, 0.25) is 0 Å². The van der Waals surface area contributed by atoms with E-state index < -0.39 is 0 Å². The minimum absolute atomic E-state index is 0.444. The summed E-state index contributed by atoms with van der Waals surface area (Å²) in [6.45, 7) is 4.51. The Kier molecular flexibility index (Phi) is 4.61. The lowest BCUT2D eigenvalue weighted by Gasteiger charge is -2.35. The summed E-state index contributed by atoms with van der Waals surface area (Å²) in [5, 5.41) is 9.40. The third-order valence-corrected chi connectivity index (χ3v) is 3.80. The molecule has 2 unspecified atom stereocenters. The molecule has 2 nitrogen and oxygen atoms in total. The maximum Gasteiger partial charge on any atom is 0.0638 e. The van der Waals surface area contributed by atoms with Crippen molar-refractivity contribution in [2.75, 3.05) is 19.3 Å². The molecule has 1 aliphatic heterocycles. The van der Waals surface area contributed by atoms with Gasteiger partial charge in [0.05, 0.1) is 12.5 Å². The van der Waals surface area contributed by atoms with Crippen molar-refractivity contribution in [3.8, 4) is 6.07 Å². The van der Waals surface area contributed by atoms with Gasteiger partial charge < -0.3 is 0 Å². The Bertz CT molecular complexity index is 188. The van der Waals surface area contributed by atoms with E-state index in [0.717, 1.165) is 5.25 Å². The van der Waals surface area contributed by atoms with E-state index in [4.69, 9.17) is 5.26 Å². The molecule has 0 saturated carbocycles. The molecule has 0 bridgehead atoms. The van der Waals surface area contributed by atoms with Gasteiger partial charge >= 0.3 is 0 Å². The molecule has 0 aromatic carbocycles. The third-order valence-electron chi connectivity index (χ3n) is 2.75. The second-order valence-electron chi connectivity index (χ2n) is 3.71. The van der Waals surface area contributed by atoms with Crippen LogP contribution in [0.3, 0.4) is 0 Å². The zero-order chi connectivity index (χ0) is 9.68. The Morgan fingerprint density at radius 2 is 2.46 bits per heavy atom. The highest BCUT2D eigenvalue weighted by atomic mass is 32.2. The fourth-order valence-corrected chi connectivity index (χ4v) is 2.56. The van der Waals surface area contributed by atoms with Crippen molar-refractivity contribution in [2.24, 2.45) is 0 Å². The Hall–Kier alpha value is -0.200. The van der Waals surface area contributed by atoms with E-state index in [-0.39, 0.29) is 0 Å². The topological polar surface area (TPSA) is 27.0 Å². The van der Waals surface area contributed by atoms with Gasteiger partial charge in [0.15, 0.2) is 0 Å². The minimum atomic E-state index is 0.444. The van der Waals surface area contributed by atoms with E-state index in [0.29, 0.717) is 12.5 Å². The van der Waals surface area contributed by atoms with Gasteiger partial charge in [-0.3, -0.25) is 4.90 Å². The van der Waals surface area contributed by atoms with Gasteiger partial charge in [-0.25, -0.2) is 0 Å². The molecule has 0 radical (unpaired) electrons. The molecule has 1 fully saturated rings.